The third-order valence-corrected chi connectivity index (χ3v) is 2.79. The lowest BCUT2D eigenvalue weighted by atomic mass is 10.1. The minimum absolute atomic E-state index is 0.242. The third kappa shape index (κ3) is 1.83. The Morgan fingerprint density at radius 1 is 1.67 bits per heavy atom. The van der Waals surface area contributed by atoms with Gasteiger partial charge in [-0.3, -0.25) is 0 Å². The largest absolute Gasteiger partial charge is 0.314 e. The summed E-state index contributed by atoms with van der Waals surface area (Å²) in [5.74, 6) is 0. The van der Waals surface area contributed by atoms with E-state index in [2.05, 4.69) is 5.32 Å². The molecule has 54 valence electrons. The van der Waals surface area contributed by atoms with Crippen LogP contribution in [0.25, 0.3) is 0 Å². The predicted octanol–water partition coefficient (Wildman–Crippen LogP) is 1.05. The van der Waals surface area contributed by atoms with Gasteiger partial charge in [-0.25, -0.2) is 4.39 Å². The second-order valence-corrected chi connectivity index (χ2v) is 3.36. The van der Waals surface area contributed by atoms with Crippen LogP contribution < -0.4 is 5.32 Å². The Kier molecular flexibility index (Phi) is 2.79. The summed E-state index contributed by atoms with van der Waals surface area (Å²) in [5.41, 5.74) is 0. The lowest BCUT2D eigenvalue weighted by molar-refractivity contribution is 0.275. The van der Waals surface area contributed by atoms with Crippen LogP contribution in [0.4, 0.5) is 4.39 Å². The van der Waals surface area contributed by atoms with Crippen LogP contribution in [0.3, 0.4) is 0 Å². The smallest absolute Gasteiger partial charge is 0.124 e. The quantitative estimate of drug-likeness (QED) is 0.598. The van der Waals surface area contributed by atoms with Crippen molar-refractivity contribution in [2.75, 3.05) is 19.3 Å². The molecule has 0 radical (unpaired) electrons. The summed E-state index contributed by atoms with van der Waals surface area (Å²) < 4.78 is 12.8. The summed E-state index contributed by atoms with van der Waals surface area (Å²) in [5, 5.41) is 3.25. The van der Waals surface area contributed by atoms with Crippen LogP contribution in [0.1, 0.15) is 6.42 Å². The van der Waals surface area contributed by atoms with Crippen LogP contribution in [-0.2, 0) is 0 Å². The van der Waals surface area contributed by atoms with Crippen molar-refractivity contribution in [3.63, 3.8) is 0 Å². The first-order valence-electron chi connectivity index (χ1n) is 3.22. The molecule has 9 heavy (non-hydrogen) atoms. The van der Waals surface area contributed by atoms with E-state index in [4.69, 9.17) is 0 Å². The normalized spacial score (nSPS) is 36.7. The molecule has 1 nitrogen and oxygen atoms in total. The Labute approximate surface area is 59.4 Å². The Morgan fingerprint density at radius 3 is 2.89 bits per heavy atom. The zero-order valence-corrected chi connectivity index (χ0v) is 6.38. The number of alkyl halides is 1. The van der Waals surface area contributed by atoms with Crippen molar-refractivity contribution in [1.29, 1.82) is 0 Å². The fourth-order valence-corrected chi connectivity index (χ4v) is 1.81. The number of rotatable bonds is 1. The van der Waals surface area contributed by atoms with Gasteiger partial charge in [-0.05, 0) is 19.2 Å². The van der Waals surface area contributed by atoms with E-state index in [1.54, 1.807) is 11.8 Å². The van der Waals surface area contributed by atoms with E-state index < -0.39 is 6.17 Å². The number of piperidine rings is 1. The molecule has 2 atom stereocenters. The van der Waals surface area contributed by atoms with Gasteiger partial charge >= 0.3 is 0 Å². The van der Waals surface area contributed by atoms with Gasteiger partial charge < -0.3 is 5.32 Å². The van der Waals surface area contributed by atoms with Crippen LogP contribution in [0.2, 0.25) is 0 Å². The second-order valence-electron chi connectivity index (χ2n) is 2.28. The van der Waals surface area contributed by atoms with Crippen LogP contribution in [0.15, 0.2) is 0 Å². The SMILES string of the molecule is CSC1CCNCC1F. The minimum atomic E-state index is -0.631. The average Bonchev–Trinajstić information content (AvgIpc) is 1.89. The van der Waals surface area contributed by atoms with Gasteiger partial charge in [0.2, 0.25) is 0 Å². The predicted molar refractivity (Wildman–Crippen MR) is 39.7 cm³/mol. The lowest BCUT2D eigenvalue weighted by Crippen LogP contribution is -2.39. The van der Waals surface area contributed by atoms with E-state index in [1.165, 1.54) is 0 Å². The molecule has 3 heteroatoms. The summed E-state index contributed by atoms with van der Waals surface area (Å²) in [6, 6.07) is 0. The highest BCUT2D eigenvalue weighted by Crippen LogP contribution is 2.19. The lowest BCUT2D eigenvalue weighted by Gasteiger charge is -2.24. The molecule has 0 spiro atoms. The maximum atomic E-state index is 12.8. The first-order chi connectivity index (χ1) is 4.34. The monoisotopic (exact) mass is 149 g/mol. The summed E-state index contributed by atoms with van der Waals surface area (Å²) in [7, 11) is 0. The van der Waals surface area contributed by atoms with Crippen molar-refractivity contribution >= 4 is 11.8 Å². The van der Waals surface area contributed by atoms with E-state index in [0.29, 0.717) is 6.54 Å². The standard InChI is InChI=1S/C6H12FNS/c1-9-6-2-3-8-4-5(6)7/h5-6,8H,2-4H2,1H3. The molecule has 1 aliphatic heterocycles. The topological polar surface area (TPSA) is 12.0 Å². The van der Waals surface area contributed by atoms with E-state index in [0.717, 1.165) is 13.0 Å². The summed E-state index contributed by atoms with van der Waals surface area (Å²) in [6.07, 6.45) is 2.32. The van der Waals surface area contributed by atoms with Crippen LogP contribution in [0, 0.1) is 0 Å². The summed E-state index contributed by atoms with van der Waals surface area (Å²) in [4.78, 5) is 0. The number of hydrogen-bond donors (Lipinski definition) is 1. The summed E-state index contributed by atoms with van der Waals surface area (Å²) in [6.45, 7) is 1.53. The van der Waals surface area contributed by atoms with Gasteiger partial charge in [0.15, 0.2) is 0 Å². The molecule has 1 aliphatic rings. The van der Waals surface area contributed by atoms with Gasteiger partial charge in [0.1, 0.15) is 6.17 Å². The highest BCUT2D eigenvalue weighted by atomic mass is 32.2. The molecule has 0 aromatic carbocycles. The molecule has 1 saturated heterocycles. The highest BCUT2D eigenvalue weighted by molar-refractivity contribution is 7.99. The molecule has 1 N–H and O–H groups in total. The van der Waals surface area contributed by atoms with Gasteiger partial charge in [0, 0.05) is 11.8 Å². The molecule has 1 heterocycles. The van der Waals surface area contributed by atoms with Gasteiger partial charge in [-0.15, -0.1) is 0 Å². The molecule has 0 aliphatic carbocycles. The molecule has 0 aromatic heterocycles. The number of nitrogens with one attached hydrogen (secondary N) is 1. The van der Waals surface area contributed by atoms with E-state index >= 15 is 0 Å². The Balaban J connectivity index is 2.30. The van der Waals surface area contributed by atoms with Crippen molar-refractivity contribution in [2.45, 2.75) is 17.8 Å². The maximum Gasteiger partial charge on any atom is 0.124 e. The molecule has 1 fully saturated rings. The molecule has 2 unspecified atom stereocenters. The fraction of sp³-hybridized carbons (Fsp3) is 1.00. The Morgan fingerprint density at radius 2 is 2.44 bits per heavy atom. The highest BCUT2D eigenvalue weighted by Gasteiger charge is 2.22. The van der Waals surface area contributed by atoms with E-state index in [1.807, 2.05) is 6.26 Å². The fourth-order valence-electron chi connectivity index (χ4n) is 1.06. The molecule has 0 amide bonds. The first kappa shape index (κ1) is 7.35. The van der Waals surface area contributed by atoms with Crippen molar-refractivity contribution < 1.29 is 4.39 Å². The molecule has 1 rings (SSSR count). The first-order valence-corrected chi connectivity index (χ1v) is 4.51. The van der Waals surface area contributed by atoms with Crippen molar-refractivity contribution in [3.8, 4) is 0 Å². The average molecular weight is 149 g/mol. The van der Waals surface area contributed by atoms with Crippen LogP contribution in [-0.4, -0.2) is 30.8 Å². The van der Waals surface area contributed by atoms with Crippen molar-refractivity contribution in [1.82, 2.24) is 5.32 Å². The van der Waals surface area contributed by atoms with Gasteiger partial charge in [0.25, 0.3) is 0 Å². The molecule has 0 bridgehead atoms. The van der Waals surface area contributed by atoms with Crippen molar-refractivity contribution in [3.05, 3.63) is 0 Å². The number of thioether (sulfide) groups is 1. The van der Waals surface area contributed by atoms with Gasteiger partial charge in [0.05, 0.1) is 0 Å². The van der Waals surface area contributed by atoms with E-state index in [-0.39, 0.29) is 5.25 Å². The second kappa shape index (κ2) is 3.42. The Bertz CT molecular complexity index is 89.1. The molecular weight excluding hydrogens is 137 g/mol. The van der Waals surface area contributed by atoms with Gasteiger partial charge in [-0.2, -0.15) is 11.8 Å². The zero-order chi connectivity index (χ0) is 6.69. The number of hydrogen-bond acceptors (Lipinski definition) is 2. The Hall–Kier alpha value is 0.240. The van der Waals surface area contributed by atoms with E-state index in [9.17, 15) is 4.39 Å². The summed E-state index contributed by atoms with van der Waals surface area (Å²) >= 11 is 1.64. The van der Waals surface area contributed by atoms with Crippen LogP contribution >= 0.6 is 11.8 Å². The maximum absolute atomic E-state index is 12.8. The third-order valence-electron chi connectivity index (χ3n) is 1.65. The minimum Gasteiger partial charge on any atom is -0.314 e. The number of halogens is 1. The zero-order valence-electron chi connectivity index (χ0n) is 5.56. The molecule has 0 saturated carbocycles. The van der Waals surface area contributed by atoms with Crippen molar-refractivity contribution in [2.24, 2.45) is 0 Å². The van der Waals surface area contributed by atoms with Gasteiger partial charge in [-0.1, -0.05) is 0 Å². The molecular formula is C6H12FNS. The molecule has 0 aromatic rings. The van der Waals surface area contributed by atoms with Crippen LogP contribution in [0.5, 0.6) is 0 Å².